The second kappa shape index (κ2) is 7.96. The van der Waals surface area contributed by atoms with Gasteiger partial charge in [0.25, 0.3) is 0 Å². The van der Waals surface area contributed by atoms with Gasteiger partial charge in [-0.2, -0.15) is 5.10 Å². The largest absolute Gasteiger partial charge is 0.493 e. The zero-order valence-corrected chi connectivity index (χ0v) is 13.7. The molecule has 0 bridgehead atoms. The number of hydrogen-bond acceptors (Lipinski definition) is 6. The molecule has 2 aromatic rings. The first-order chi connectivity index (χ1) is 11.5. The van der Waals surface area contributed by atoms with Crippen LogP contribution < -0.4 is 14.9 Å². The van der Waals surface area contributed by atoms with Crippen molar-refractivity contribution in [1.82, 2.24) is 0 Å². The van der Waals surface area contributed by atoms with Gasteiger partial charge in [-0.15, -0.1) is 0 Å². The molecule has 0 saturated heterocycles. The number of nitro groups is 1. The molecule has 0 spiro atoms. The monoisotopic (exact) mass is 329 g/mol. The summed E-state index contributed by atoms with van der Waals surface area (Å²) in [5, 5.41) is 15.4. The van der Waals surface area contributed by atoms with Gasteiger partial charge >= 0.3 is 5.69 Å². The van der Waals surface area contributed by atoms with Gasteiger partial charge in [-0.3, -0.25) is 15.5 Å². The van der Waals surface area contributed by atoms with E-state index >= 15 is 0 Å². The number of methoxy groups -OCH3 is 1. The van der Waals surface area contributed by atoms with Crippen LogP contribution in [-0.2, 0) is 0 Å². The van der Waals surface area contributed by atoms with E-state index in [-0.39, 0.29) is 17.5 Å². The highest BCUT2D eigenvalue weighted by molar-refractivity contribution is 5.83. The van der Waals surface area contributed by atoms with E-state index in [0.717, 1.165) is 5.69 Å². The van der Waals surface area contributed by atoms with Crippen LogP contribution in [0.5, 0.6) is 11.5 Å². The fourth-order valence-corrected chi connectivity index (χ4v) is 2.02. The van der Waals surface area contributed by atoms with Crippen molar-refractivity contribution in [3.63, 3.8) is 0 Å². The second-order valence-corrected chi connectivity index (χ2v) is 5.23. The SMILES string of the molecule is COc1cc(/C=N/Nc2ccccc2)cc([N+](=O)[O-])c1OC(C)C. The molecule has 7 heteroatoms. The molecule has 0 aliphatic carbocycles. The molecule has 0 unspecified atom stereocenters. The standard InChI is InChI=1S/C17H19N3O4/c1-12(2)24-17-15(20(21)22)9-13(10-16(17)23-3)11-18-19-14-7-5-4-6-8-14/h4-12,19H,1-3H3/b18-11+. The first-order valence-corrected chi connectivity index (χ1v) is 7.38. The van der Waals surface area contributed by atoms with Gasteiger partial charge in [0.2, 0.25) is 5.75 Å². The third kappa shape index (κ3) is 4.45. The maximum Gasteiger partial charge on any atom is 0.315 e. The highest BCUT2D eigenvalue weighted by Gasteiger charge is 2.22. The third-order valence-corrected chi connectivity index (χ3v) is 3.01. The van der Waals surface area contributed by atoms with E-state index in [1.807, 2.05) is 30.3 Å². The summed E-state index contributed by atoms with van der Waals surface area (Å²) in [6, 6.07) is 12.4. The smallest absolute Gasteiger partial charge is 0.315 e. The predicted octanol–water partition coefficient (Wildman–Crippen LogP) is 3.84. The summed E-state index contributed by atoms with van der Waals surface area (Å²) in [5.41, 5.74) is 4.03. The molecule has 24 heavy (non-hydrogen) atoms. The number of nitro benzene ring substituents is 1. The highest BCUT2D eigenvalue weighted by Crippen LogP contribution is 2.38. The molecular weight excluding hydrogens is 310 g/mol. The lowest BCUT2D eigenvalue weighted by atomic mass is 10.2. The summed E-state index contributed by atoms with van der Waals surface area (Å²) in [6.07, 6.45) is 1.28. The number of ether oxygens (including phenoxy) is 2. The van der Waals surface area contributed by atoms with Crippen molar-refractivity contribution in [1.29, 1.82) is 0 Å². The lowest BCUT2D eigenvalue weighted by Gasteiger charge is -2.14. The Kier molecular flexibility index (Phi) is 5.73. The van der Waals surface area contributed by atoms with Gasteiger partial charge in [-0.25, -0.2) is 0 Å². The molecular formula is C17H19N3O4. The molecule has 2 rings (SSSR count). The Morgan fingerprint density at radius 3 is 2.54 bits per heavy atom. The number of hydrogen-bond donors (Lipinski definition) is 1. The summed E-state index contributed by atoms with van der Waals surface area (Å²) in [4.78, 5) is 10.8. The molecule has 0 heterocycles. The zero-order valence-electron chi connectivity index (χ0n) is 13.7. The third-order valence-electron chi connectivity index (χ3n) is 3.01. The van der Waals surface area contributed by atoms with Gasteiger partial charge in [0, 0.05) is 11.6 Å². The molecule has 126 valence electrons. The van der Waals surface area contributed by atoms with E-state index in [2.05, 4.69) is 10.5 Å². The molecule has 0 atom stereocenters. The van der Waals surface area contributed by atoms with Gasteiger partial charge < -0.3 is 9.47 Å². The number of benzene rings is 2. The van der Waals surface area contributed by atoms with Gasteiger partial charge in [0.15, 0.2) is 5.75 Å². The van der Waals surface area contributed by atoms with Crippen LogP contribution in [0.2, 0.25) is 0 Å². The van der Waals surface area contributed by atoms with Crippen molar-refractivity contribution in [2.45, 2.75) is 20.0 Å². The molecule has 0 aromatic heterocycles. The first kappa shape index (κ1) is 17.3. The van der Waals surface area contributed by atoms with Crippen molar-refractivity contribution in [2.75, 3.05) is 12.5 Å². The maximum absolute atomic E-state index is 11.3. The van der Waals surface area contributed by atoms with E-state index in [9.17, 15) is 10.1 Å². The Labute approximate surface area is 140 Å². The van der Waals surface area contributed by atoms with E-state index in [4.69, 9.17) is 9.47 Å². The van der Waals surface area contributed by atoms with Crippen molar-refractivity contribution in [3.05, 3.63) is 58.1 Å². The fourth-order valence-electron chi connectivity index (χ4n) is 2.02. The van der Waals surface area contributed by atoms with Crippen LogP contribution in [0, 0.1) is 10.1 Å². The van der Waals surface area contributed by atoms with Crippen molar-refractivity contribution < 1.29 is 14.4 Å². The minimum atomic E-state index is -0.498. The number of nitrogens with zero attached hydrogens (tertiary/aromatic N) is 2. The molecule has 0 aliphatic rings. The van der Waals surface area contributed by atoms with E-state index in [1.54, 1.807) is 19.9 Å². The average Bonchev–Trinajstić information content (AvgIpc) is 2.56. The van der Waals surface area contributed by atoms with Crippen LogP contribution in [0.1, 0.15) is 19.4 Å². The molecule has 0 saturated carbocycles. The van der Waals surface area contributed by atoms with Crippen molar-refractivity contribution >= 4 is 17.6 Å². The minimum Gasteiger partial charge on any atom is -0.493 e. The number of rotatable bonds is 7. The van der Waals surface area contributed by atoms with Crippen LogP contribution in [-0.4, -0.2) is 24.4 Å². The van der Waals surface area contributed by atoms with Gasteiger partial charge in [0.1, 0.15) is 0 Å². The van der Waals surface area contributed by atoms with E-state index < -0.39 is 4.92 Å². The quantitative estimate of drug-likeness (QED) is 0.474. The van der Waals surface area contributed by atoms with Gasteiger partial charge in [0.05, 0.1) is 30.0 Å². The number of anilines is 1. The number of hydrazone groups is 1. The summed E-state index contributed by atoms with van der Waals surface area (Å²) in [7, 11) is 1.44. The zero-order chi connectivity index (χ0) is 17.5. The predicted molar refractivity (Wildman–Crippen MR) is 93.1 cm³/mol. The van der Waals surface area contributed by atoms with Crippen LogP contribution in [0.15, 0.2) is 47.6 Å². The normalized spacial score (nSPS) is 10.8. The molecule has 7 nitrogen and oxygen atoms in total. The second-order valence-electron chi connectivity index (χ2n) is 5.23. The lowest BCUT2D eigenvalue weighted by molar-refractivity contribution is -0.386. The Morgan fingerprint density at radius 1 is 1.25 bits per heavy atom. The van der Waals surface area contributed by atoms with Crippen molar-refractivity contribution in [3.8, 4) is 11.5 Å². The summed E-state index contributed by atoms with van der Waals surface area (Å²) < 4.78 is 10.8. The molecule has 1 N–H and O–H groups in total. The molecule has 0 aliphatic heterocycles. The summed E-state index contributed by atoms with van der Waals surface area (Å²) in [6.45, 7) is 3.59. The Morgan fingerprint density at radius 2 is 1.96 bits per heavy atom. The van der Waals surface area contributed by atoms with Crippen LogP contribution >= 0.6 is 0 Å². The topological polar surface area (TPSA) is 86.0 Å². The Balaban J connectivity index is 2.30. The Hall–Kier alpha value is -3.09. The highest BCUT2D eigenvalue weighted by atomic mass is 16.6. The van der Waals surface area contributed by atoms with E-state index in [1.165, 1.54) is 19.4 Å². The summed E-state index contributed by atoms with van der Waals surface area (Å²) >= 11 is 0. The van der Waals surface area contributed by atoms with Crippen LogP contribution in [0.3, 0.4) is 0 Å². The summed E-state index contributed by atoms with van der Waals surface area (Å²) in [5.74, 6) is 0.407. The molecule has 0 amide bonds. The van der Waals surface area contributed by atoms with E-state index in [0.29, 0.717) is 11.3 Å². The molecule has 0 radical (unpaired) electrons. The maximum atomic E-state index is 11.3. The lowest BCUT2D eigenvalue weighted by Crippen LogP contribution is -2.09. The molecule has 0 fully saturated rings. The number of para-hydroxylation sites is 1. The average molecular weight is 329 g/mol. The van der Waals surface area contributed by atoms with Gasteiger partial charge in [-0.05, 0) is 32.0 Å². The fraction of sp³-hybridized carbons (Fsp3) is 0.235. The minimum absolute atomic E-state index is 0.116. The van der Waals surface area contributed by atoms with Crippen LogP contribution in [0.4, 0.5) is 11.4 Å². The van der Waals surface area contributed by atoms with Crippen molar-refractivity contribution in [2.24, 2.45) is 5.10 Å². The number of nitrogens with one attached hydrogen (secondary N) is 1. The molecule has 2 aromatic carbocycles. The first-order valence-electron chi connectivity index (χ1n) is 7.38. The van der Waals surface area contributed by atoms with Crippen LogP contribution in [0.25, 0.3) is 0 Å². The Bertz CT molecular complexity index is 730. The van der Waals surface area contributed by atoms with Gasteiger partial charge in [-0.1, -0.05) is 18.2 Å².